The van der Waals surface area contributed by atoms with E-state index in [4.69, 9.17) is 11.6 Å². The topological polar surface area (TPSA) is 29.1 Å². The van der Waals surface area contributed by atoms with Crippen LogP contribution >= 0.6 is 23.4 Å². The van der Waals surface area contributed by atoms with Gasteiger partial charge in [-0.2, -0.15) is 0 Å². The lowest BCUT2D eigenvalue weighted by Crippen LogP contribution is -2.12. The van der Waals surface area contributed by atoms with E-state index in [1.54, 1.807) is 11.8 Å². The number of aryl methyl sites for hydroxylation is 1. The zero-order valence-electron chi connectivity index (χ0n) is 14.3. The molecule has 0 aromatic heterocycles. The van der Waals surface area contributed by atoms with Crippen molar-refractivity contribution < 1.29 is 4.79 Å². The van der Waals surface area contributed by atoms with Gasteiger partial charge in [0, 0.05) is 27.8 Å². The van der Waals surface area contributed by atoms with E-state index in [1.807, 2.05) is 54.6 Å². The van der Waals surface area contributed by atoms with Crippen molar-refractivity contribution in [3.63, 3.8) is 0 Å². The molecule has 26 heavy (non-hydrogen) atoms. The van der Waals surface area contributed by atoms with E-state index in [2.05, 4.69) is 29.6 Å². The van der Waals surface area contributed by atoms with Gasteiger partial charge in [0.2, 0.25) is 5.91 Å². The molecule has 0 bridgehead atoms. The lowest BCUT2D eigenvalue weighted by Gasteiger charge is -2.08. The van der Waals surface area contributed by atoms with E-state index < -0.39 is 0 Å². The number of benzene rings is 3. The van der Waals surface area contributed by atoms with Crippen molar-refractivity contribution >= 4 is 35.0 Å². The van der Waals surface area contributed by atoms with Gasteiger partial charge in [-0.3, -0.25) is 4.79 Å². The summed E-state index contributed by atoms with van der Waals surface area (Å²) in [7, 11) is 0. The van der Waals surface area contributed by atoms with E-state index in [-0.39, 0.29) is 5.91 Å². The van der Waals surface area contributed by atoms with Gasteiger partial charge in [0.05, 0.1) is 0 Å². The van der Waals surface area contributed by atoms with Crippen LogP contribution < -0.4 is 5.32 Å². The first-order valence-electron chi connectivity index (χ1n) is 8.51. The van der Waals surface area contributed by atoms with E-state index in [0.29, 0.717) is 17.9 Å². The summed E-state index contributed by atoms with van der Waals surface area (Å²) < 4.78 is 0. The number of hydrogen-bond donors (Lipinski definition) is 1. The van der Waals surface area contributed by atoms with Crippen LogP contribution in [0.15, 0.2) is 83.8 Å². The monoisotopic (exact) mass is 381 g/mol. The standard InChI is InChI=1S/C22H20ClNOS/c23-21-9-5-4-6-18(21)12-15-22(25)24-19-13-10-17(11-14-19)16-26-20-7-2-1-3-8-20/h1-11,13-14H,12,15-16H2,(H,24,25). The van der Waals surface area contributed by atoms with Crippen LogP contribution in [-0.2, 0) is 17.0 Å². The lowest BCUT2D eigenvalue weighted by atomic mass is 10.1. The van der Waals surface area contributed by atoms with Gasteiger partial charge in [0.1, 0.15) is 0 Å². The Kier molecular flexibility index (Phi) is 6.75. The van der Waals surface area contributed by atoms with Gasteiger partial charge in [-0.05, 0) is 47.9 Å². The quantitative estimate of drug-likeness (QED) is 0.493. The summed E-state index contributed by atoms with van der Waals surface area (Å²) in [5.74, 6) is 0.904. The Morgan fingerprint density at radius 1 is 0.885 bits per heavy atom. The molecule has 0 fully saturated rings. The van der Waals surface area contributed by atoms with E-state index >= 15 is 0 Å². The molecule has 4 heteroatoms. The third-order valence-corrected chi connectivity index (χ3v) is 5.42. The number of nitrogens with one attached hydrogen (secondary N) is 1. The van der Waals surface area contributed by atoms with Gasteiger partial charge in [0.25, 0.3) is 0 Å². The largest absolute Gasteiger partial charge is 0.326 e. The second-order valence-corrected chi connectivity index (χ2v) is 7.39. The first kappa shape index (κ1) is 18.6. The zero-order valence-corrected chi connectivity index (χ0v) is 15.9. The smallest absolute Gasteiger partial charge is 0.224 e. The Morgan fingerprint density at radius 3 is 2.31 bits per heavy atom. The Hall–Kier alpha value is -2.23. The van der Waals surface area contributed by atoms with Gasteiger partial charge >= 0.3 is 0 Å². The highest BCUT2D eigenvalue weighted by molar-refractivity contribution is 7.98. The van der Waals surface area contributed by atoms with Crippen LogP contribution in [-0.4, -0.2) is 5.91 Å². The molecule has 0 unspecified atom stereocenters. The lowest BCUT2D eigenvalue weighted by molar-refractivity contribution is -0.116. The number of carbonyl (C=O) groups is 1. The second kappa shape index (κ2) is 9.46. The minimum atomic E-state index is -0.00340. The molecule has 2 nitrogen and oxygen atoms in total. The SMILES string of the molecule is O=C(CCc1ccccc1Cl)Nc1ccc(CSc2ccccc2)cc1. The highest BCUT2D eigenvalue weighted by Gasteiger charge is 2.06. The van der Waals surface area contributed by atoms with Crippen molar-refractivity contribution in [3.05, 3.63) is 95.0 Å². The number of carbonyl (C=O) groups excluding carboxylic acids is 1. The van der Waals surface area contributed by atoms with Crippen LogP contribution in [0, 0.1) is 0 Å². The molecule has 0 atom stereocenters. The van der Waals surface area contributed by atoms with Crippen molar-refractivity contribution in [2.24, 2.45) is 0 Å². The Balaban J connectivity index is 1.47. The molecule has 0 saturated heterocycles. The van der Waals surface area contributed by atoms with Crippen LogP contribution in [0.4, 0.5) is 5.69 Å². The molecule has 3 rings (SSSR count). The molecule has 0 saturated carbocycles. The van der Waals surface area contributed by atoms with E-state index in [9.17, 15) is 4.79 Å². The van der Waals surface area contributed by atoms with Gasteiger partial charge in [-0.15, -0.1) is 11.8 Å². The van der Waals surface area contributed by atoms with Crippen molar-refractivity contribution in [1.82, 2.24) is 0 Å². The zero-order chi connectivity index (χ0) is 18.2. The van der Waals surface area contributed by atoms with Crippen molar-refractivity contribution in [2.75, 3.05) is 5.32 Å². The molecule has 0 aliphatic rings. The Bertz CT molecular complexity index is 850. The highest BCUT2D eigenvalue weighted by atomic mass is 35.5. The molecule has 132 valence electrons. The molecule has 1 amide bonds. The summed E-state index contributed by atoms with van der Waals surface area (Å²) in [6.45, 7) is 0. The fourth-order valence-electron chi connectivity index (χ4n) is 2.54. The predicted molar refractivity (Wildman–Crippen MR) is 111 cm³/mol. The summed E-state index contributed by atoms with van der Waals surface area (Å²) in [5.41, 5.74) is 3.05. The molecule has 3 aromatic carbocycles. The van der Waals surface area contributed by atoms with Gasteiger partial charge in [-0.1, -0.05) is 60.1 Å². The predicted octanol–water partition coefficient (Wildman–Crippen LogP) is 6.20. The van der Waals surface area contributed by atoms with Crippen LogP contribution in [0.25, 0.3) is 0 Å². The maximum atomic E-state index is 12.1. The fourth-order valence-corrected chi connectivity index (χ4v) is 3.65. The summed E-state index contributed by atoms with van der Waals surface area (Å²) in [4.78, 5) is 13.4. The van der Waals surface area contributed by atoms with Gasteiger partial charge in [0.15, 0.2) is 0 Å². The fraction of sp³-hybridized carbons (Fsp3) is 0.136. The van der Waals surface area contributed by atoms with Crippen molar-refractivity contribution in [3.8, 4) is 0 Å². The molecule has 1 N–H and O–H groups in total. The van der Waals surface area contributed by atoms with E-state index in [1.165, 1.54) is 10.5 Å². The third-order valence-electron chi connectivity index (χ3n) is 3.97. The molecule has 0 radical (unpaired) electrons. The number of rotatable bonds is 7. The number of thioether (sulfide) groups is 1. The number of hydrogen-bond acceptors (Lipinski definition) is 2. The average Bonchev–Trinajstić information content (AvgIpc) is 2.68. The molecular weight excluding hydrogens is 362 g/mol. The van der Waals surface area contributed by atoms with Gasteiger partial charge in [-0.25, -0.2) is 0 Å². The number of halogens is 1. The van der Waals surface area contributed by atoms with Crippen LogP contribution in [0.2, 0.25) is 5.02 Å². The van der Waals surface area contributed by atoms with E-state index in [0.717, 1.165) is 17.0 Å². The minimum Gasteiger partial charge on any atom is -0.326 e. The van der Waals surface area contributed by atoms with Crippen molar-refractivity contribution in [2.45, 2.75) is 23.5 Å². The van der Waals surface area contributed by atoms with Crippen LogP contribution in [0.5, 0.6) is 0 Å². The number of anilines is 1. The van der Waals surface area contributed by atoms with Crippen LogP contribution in [0.3, 0.4) is 0 Å². The van der Waals surface area contributed by atoms with Crippen LogP contribution in [0.1, 0.15) is 17.5 Å². The van der Waals surface area contributed by atoms with Crippen molar-refractivity contribution in [1.29, 1.82) is 0 Å². The molecule has 3 aromatic rings. The first-order chi connectivity index (χ1) is 12.7. The second-order valence-electron chi connectivity index (χ2n) is 5.94. The highest BCUT2D eigenvalue weighted by Crippen LogP contribution is 2.23. The molecular formula is C22H20ClNOS. The minimum absolute atomic E-state index is 0.00340. The Morgan fingerprint density at radius 2 is 1.58 bits per heavy atom. The third kappa shape index (κ3) is 5.65. The Labute approximate surface area is 163 Å². The van der Waals surface area contributed by atoms with Gasteiger partial charge < -0.3 is 5.32 Å². The average molecular weight is 382 g/mol. The summed E-state index contributed by atoms with van der Waals surface area (Å²) in [6.07, 6.45) is 1.05. The summed E-state index contributed by atoms with van der Waals surface area (Å²) in [6, 6.07) is 26.0. The summed E-state index contributed by atoms with van der Waals surface area (Å²) >= 11 is 7.93. The molecule has 0 aliphatic carbocycles. The maximum absolute atomic E-state index is 12.1. The molecule has 0 aliphatic heterocycles. The summed E-state index contributed by atoms with van der Waals surface area (Å²) in [5, 5.41) is 3.65. The maximum Gasteiger partial charge on any atom is 0.224 e. The molecule has 0 spiro atoms. The number of amides is 1. The molecule has 0 heterocycles. The first-order valence-corrected chi connectivity index (χ1v) is 9.87. The normalized spacial score (nSPS) is 10.5.